The molecule has 0 bridgehead atoms. The van der Waals surface area contributed by atoms with E-state index < -0.39 is 5.41 Å². The van der Waals surface area contributed by atoms with Crippen molar-refractivity contribution in [3.63, 3.8) is 0 Å². The van der Waals surface area contributed by atoms with E-state index in [1.807, 2.05) is 36.3 Å². The van der Waals surface area contributed by atoms with Crippen LogP contribution < -0.4 is 0 Å². The van der Waals surface area contributed by atoms with Crippen LogP contribution >= 0.6 is 11.8 Å². The molecule has 1 aliphatic carbocycles. The molecule has 6 heterocycles. The lowest BCUT2D eigenvalue weighted by molar-refractivity contribution is 0.717. The van der Waals surface area contributed by atoms with Crippen LogP contribution in [0.2, 0.25) is 0 Å². The first kappa shape index (κ1) is 36.6. The van der Waals surface area contributed by atoms with E-state index in [0.717, 1.165) is 72.4 Å². The summed E-state index contributed by atoms with van der Waals surface area (Å²) in [5, 5.41) is 17.0. The van der Waals surface area contributed by atoms with E-state index in [-0.39, 0.29) is 0 Å². The first-order valence-corrected chi connectivity index (χ1v) is 23.3. The molecule has 1 aliphatic heterocycles. The van der Waals surface area contributed by atoms with Gasteiger partial charge in [-0.25, -0.2) is 0 Å². The summed E-state index contributed by atoms with van der Waals surface area (Å²) in [6.07, 6.45) is 3.78. The summed E-state index contributed by atoms with van der Waals surface area (Å²) in [7, 11) is 0. The van der Waals surface area contributed by atoms with Crippen molar-refractivity contribution in [3.05, 3.63) is 234 Å². The van der Waals surface area contributed by atoms with Crippen LogP contribution in [-0.4, -0.2) is 23.7 Å². The Morgan fingerprint density at radius 3 is 1.27 bits per heavy atom. The van der Waals surface area contributed by atoms with Crippen molar-refractivity contribution in [1.82, 2.24) is 23.7 Å². The van der Waals surface area contributed by atoms with E-state index in [0.29, 0.717) is 5.56 Å². The zero-order valence-corrected chi connectivity index (χ0v) is 36.5. The number of pyridine rings is 2. The fourth-order valence-electron chi connectivity index (χ4n) is 11.8. The Balaban J connectivity index is 0.989. The zero-order chi connectivity index (χ0) is 44.0. The summed E-state index contributed by atoms with van der Waals surface area (Å²) in [6.45, 7) is 0. The van der Waals surface area contributed by atoms with Crippen molar-refractivity contribution in [2.24, 2.45) is 0 Å². The van der Waals surface area contributed by atoms with Crippen LogP contribution in [0, 0.1) is 11.3 Å². The number of nitrogens with zero attached hydrogens (tertiary/aromatic N) is 6. The number of para-hydroxylation sites is 4. The van der Waals surface area contributed by atoms with Gasteiger partial charge in [0.2, 0.25) is 0 Å². The van der Waals surface area contributed by atoms with Gasteiger partial charge in [-0.15, -0.1) is 0 Å². The molecule has 0 radical (unpaired) electrons. The van der Waals surface area contributed by atoms with Crippen LogP contribution in [0.25, 0.3) is 93.9 Å². The Hall–Kier alpha value is -8.70. The maximum absolute atomic E-state index is 9.91. The number of hydrogen-bond acceptors (Lipinski definition) is 4. The molecule has 13 aromatic rings. The highest BCUT2D eigenvalue weighted by atomic mass is 32.2. The van der Waals surface area contributed by atoms with Gasteiger partial charge in [0.25, 0.3) is 0 Å². The van der Waals surface area contributed by atoms with Crippen molar-refractivity contribution in [3.8, 4) is 34.5 Å². The minimum absolute atomic E-state index is 0.648. The van der Waals surface area contributed by atoms with Gasteiger partial charge in [-0.05, 0) is 131 Å². The molecular weight excluding hydrogens is 837 g/mol. The van der Waals surface area contributed by atoms with E-state index in [9.17, 15) is 5.26 Å². The Morgan fingerprint density at radius 1 is 0.373 bits per heavy atom. The van der Waals surface area contributed by atoms with Crippen molar-refractivity contribution in [1.29, 1.82) is 5.26 Å². The number of aromatic nitrogens is 5. The summed E-state index contributed by atoms with van der Waals surface area (Å²) in [4.78, 5) is 12.6. The smallest absolute Gasteiger partial charge is 0.0991 e. The Kier molecular flexibility index (Phi) is 7.34. The second-order valence-corrected chi connectivity index (χ2v) is 18.7. The van der Waals surface area contributed by atoms with Gasteiger partial charge in [0.1, 0.15) is 0 Å². The van der Waals surface area contributed by atoms with Crippen LogP contribution in [0.3, 0.4) is 0 Å². The third-order valence-corrected chi connectivity index (χ3v) is 15.6. The van der Waals surface area contributed by atoms with E-state index >= 15 is 0 Å². The lowest BCUT2D eigenvalue weighted by atomic mass is 9.67. The number of nitriles is 1. The molecule has 0 fully saturated rings. The van der Waals surface area contributed by atoms with Gasteiger partial charge >= 0.3 is 0 Å². The van der Waals surface area contributed by atoms with Gasteiger partial charge in [-0.2, -0.15) is 5.26 Å². The van der Waals surface area contributed by atoms with E-state index in [4.69, 9.17) is 9.97 Å². The Labute approximate surface area is 388 Å². The third-order valence-electron chi connectivity index (χ3n) is 14.4. The molecule has 7 heteroatoms. The largest absolute Gasteiger partial charge is 0.309 e. The topological polar surface area (TPSA) is 64.4 Å². The monoisotopic (exact) mass is 870 g/mol. The SMILES string of the molecule is N#Cc1ccc2c(c1)c1ccccc1n2-c1ccc2c(c1)C1(c3cc(-n4c5ccccc5c5cc(-n6c7ccccc7c7ccccc76)ccc54)ccc3S2)c2cccnc2-c2ncccc21. The number of hydrogen-bond donors (Lipinski definition) is 0. The maximum Gasteiger partial charge on any atom is 0.0991 e. The summed E-state index contributed by atoms with van der Waals surface area (Å²) in [6, 6.07) is 72.7. The third kappa shape index (κ3) is 4.79. The molecule has 2 aliphatic rings. The van der Waals surface area contributed by atoms with Crippen LogP contribution in [0.5, 0.6) is 0 Å². The molecule has 0 N–H and O–H groups in total. The van der Waals surface area contributed by atoms with Crippen LogP contribution in [0.1, 0.15) is 27.8 Å². The van der Waals surface area contributed by atoms with E-state index in [1.54, 1.807) is 0 Å². The van der Waals surface area contributed by atoms with Gasteiger partial charge in [0, 0.05) is 71.6 Å². The minimum Gasteiger partial charge on any atom is -0.309 e. The summed E-state index contributed by atoms with van der Waals surface area (Å²) in [5.74, 6) is 0. The summed E-state index contributed by atoms with van der Waals surface area (Å²) >= 11 is 1.83. The van der Waals surface area contributed by atoms with Crippen LogP contribution in [-0.2, 0) is 5.41 Å². The predicted octanol–water partition coefficient (Wildman–Crippen LogP) is 14.5. The summed E-state index contributed by atoms with van der Waals surface area (Å²) in [5.41, 5.74) is 16.5. The highest BCUT2D eigenvalue weighted by Gasteiger charge is 2.52. The fourth-order valence-corrected chi connectivity index (χ4v) is 12.9. The molecular formula is C60H34N6S. The first-order valence-electron chi connectivity index (χ1n) is 22.5. The second kappa shape index (κ2) is 13.4. The maximum atomic E-state index is 9.91. The van der Waals surface area contributed by atoms with Crippen LogP contribution in [0.15, 0.2) is 216 Å². The minimum atomic E-state index is -0.732. The van der Waals surface area contributed by atoms with Gasteiger partial charge in [-0.1, -0.05) is 96.7 Å². The highest BCUT2D eigenvalue weighted by Crippen LogP contribution is 2.62. The fraction of sp³-hybridized carbons (Fsp3) is 0.0167. The normalized spacial score (nSPS) is 13.4. The van der Waals surface area contributed by atoms with Crippen molar-refractivity contribution >= 4 is 77.2 Å². The standard InChI is InChI=1S/C60H34N6S/c61-35-36-21-25-54-44(31-36)42-13-3-7-19-52(42)65(54)38-23-27-56-48(33-38)60(46-15-9-29-62-58(46)59-47(60)16-10-30-63-59)49-34-39(24-28-57(49)67-56)66-53-20-8-4-14-43(53)45-32-37(22-26-55(45)66)64-50-17-5-1-11-40(50)41-12-2-6-18-51(41)64/h1-34H. The van der Waals surface area contributed by atoms with Gasteiger partial charge in [-0.3, -0.25) is 9.97 Å². The molecule has 15 rings (SSSR count). The van der Waals surface area contributed by atoms with Gasteiger partial charge < -0.3 is 13.7 Å². The van der Waals surface area contributed by atoms with E-state index in [2.05, 4.69) is 202 Å². The molecule has 0 atom stereocenters. The Bertz CT molecular complexity index is 4250. The molecule has 5 aromatic heterocycles. The quantitative estimate of drug-likeness (QED) is 0.177. The lowest BCUT2D eigenvalue weighted by Gasteiger charge is -2.39. The molecule has 0 saturated carbocycles. The average Bonchev–Trinajstić information content (AvgIpc) is 4.10. The molecule has 67 heavy (non-hydrogen) atoms. The number of benzene rings is 8. The molecule has 8 aromatic carbocycles. The van der Waals surface area contributed by atoms with Crippen LogP contribution in [0.4, 0.5) is 0 Å². The summed E-state index contributed by atoms with van der Waals surface area (Å²) < 4.78 is 7.20. The number of rotatable bonds is 3. The highest BCUT2D eigenvalue weighted by molar-refractivity contribution is 7.99. The van der Waals surface area contributed by atoms with E-state index in [1.165, 1.54) is 53.5 Å². The second-order valence-electron chi connectivity index (χ2n) is 17.6. The first-order chi connectivity index (χ1) is 33.2. The van der Waals surface area contributed by atoms with Crippen molar-refractivity contribution in [2.75, 3.05) is 0 Å². The number of fused-ring (bicyclic) bond motifs is 18. The molecule has 310 valence electrons. The predicted molar refractivity (Wildman–Crippen MR) is 271 cm³/mol. The molecule has 0 amide bonds. The van der Waals surface area contributed by atoms with Crippen molar-refractivity contribution < 1.29 is 0 Å². The zero-order valence-electron chi connectivity index (χ0n) is 35.7. The lowest BCUT2D eigenvalue weighted by Crippen LogP contribution is -2.32. The molecule has 1 spiro atoms. The molecule has 0 saturated heterocycles. The average molecular weight is 871 g/mol. The Morgan fingerprint density at radius 2 is 0.776 bits per heavy atom. The molecule has 0 unspecified atom stereocenters. The van der Waals surface area contributed by atoms with Gasteiger partial charge in [0.15, 0.2) is 0 Å². The van der Waals surface area contributed by atoms with Crippen molar-refractivity contribution in [2.45, 2.75) is 15.2 Å². The van der Waals surface area contributed by atoms with Gasteiger partial charge in [0.05, 0.1) is 61.5 Å². The molecule has 6 nitrogen and oxygen atoms in total.